The monoisotopic (exact) mass is 899 g/mol. The molecule has 6 heteroatoms. The van der Waals surface area contributed by atoms with E-state index in [1.54, 1.807) is 0 Å². The van der Waals surface area contributed by atoms with Gasteiger partial charge in [-0.2, -0.15) is 0 Å². The van der Waals surface area contributed by atoms with Crippen molar-refractivity contribution in [3.05, 3.63) is 122 Å². The van der Waals surface area contributed by atoms with Gasteiger partial charge in [0, 0.05) is 19.3 Å². The normalized spacial score (nSPS) is 13.1. The Morgan fingerprint density at radius 3 is 1.08 bits per heavy atom. The van der Waals surface area contributed by atoms with E-state index in [0.717, 1.165) is 83.5 Å². The Hall–Kier alpha value is -4.19. The van der Waals surface area contributed by atoms with Gasteiger partial charge in [-0.3, -0.25) is 14.4 Å². The molecule has 0 aromatic carbocycles. The highest BCUT2D eigenvalue weighted by atomic mass is 16.6. The highest BCUT2D eigenvalue weighted by Crippen LogP contribution is 2.13. The molecule has 0 radical (unpaired) electrons. The average Bonchev–Trinajstić information content (AvgIpc) is 3.30. The molecule has 0 aliphatic rings. The van der Waals surface area contributed by atoms with Crippen LogP contribution in [-0.2, 0) is 28.6 Å². The van der Waals surface area contributed by atoms with Crippen molar-refractivity contribution in [2.24, 2.45) is 0 Å². The fourth-order valence-corrected chi connectivity index (χ4v) is 6.58. The van der Waals surface area contributed by atoms with Crippen LogP contribution in [0.25, 0.3) is 0 Å². The third-order valence-corrected chi connectivity index (χ3v) is 10.5. The topological polar surface area (TPSA) is 78.9 Å². The number of unbranched alkanes of at least 4 members (excludes halogenated alkanes) is 14. The molecule has 0 unspecified atom stereocenters. The highest BCUT2D eigenvalue weighted by molar-refractivity contribution is 5.71. The maximum absolute atomic E-state index is 12.8. The summed E-state index contributed by atoms with van der Waals surface area (Å²) in [5, 5.41) is 0. The van der Waals surface area contributed by atoms with E-state index in [1.165, 1.54) is 77.0 Å². The third kappa shape index (κ3) is 50.7. The first kappa shape index (κ1) is 60.8. The Kier molecular flexibility index (Phi) is 49.1. The fourth-order valence-electron chi connectivity index (χ4n) is 6.58. The van der Waals surface area contributed by atoms with Gasteiger partial charge in [-0.25, -0.2) is 0 Å². The molecule has 0 aliphatic carbocycles. The van der Waals surface area contributed by atoms with Crippen LogP contribution in [0.2, 0.25) is 0 Å². The van der Waals surface area contributed by atoms with E-state index < -0.39 is 6.10 Å². The van der Waals surface area contributed by atoms with Crippen LogP contribution in [0.1, 0.15) is 213 Å². The predicted molar refractivity (Wildman–Crippen MR) is 279 cm³/mol. The molecule has 6 nitrogen and oxygen atoms in total. The predicted octanol–water partition coefficient (Wildman–Crippen LogP) is 17.3. The highest BCUT2D eigenvalue weighted by Gasteiger charge is 2.19. The summed E-state index contributed by atoms with van der Waals surface area (Å²) in [5.41, 5.74) is 0. The molecule has 0 saturated heterocycles. The van der Waals surface area contributed by atoms with Crippen molar-refractivity contribution >= 4 is 17.9 Å². The van der Waals surface area contributed by atoms with E-state index >= 15 is 0 Å². The molecule has 0 spiro atoms. The summed E-state index contributed by atoms with van der Waals surface area (Å²) < 4.78 is 16.7. The number of ether oxygens (including phenoxy) is 3. The molecule has 0 saturated carbocycles. The fraction of sp³-hybridized carbons (Fsp3) is 0.610. The summed E-state index contributed by atoms with van der Waals surface area (Å²) in [6.45, 7) is 6.36. The van der Waals surface area contributed by atoms with E-state index in [1.807, 2.05) is 12.2 Å². The number of rotatable bonds is 45. The zero-order valence-electron chi connectivity index (χ0n) is 41.7. The van der Waals surface area contributed by atoms with E-state index in [2.05, 4.69) is 130 Å². The Bertz CT molecular complexity index is 1400. The van der Waals surface area contributed by atoms with Crippen molar-refractivity contribution in [1.29, 1.82) is 0 Å². The van der Waals surface area contributed by atoms with Crippen molar-refractivity contribution in [1.82, 2.24) is 0 Å². The Balaban J connectivity index is 4.59. The van der Waals surface area contributed by atoms with Crippen molar-refractivity contribution in [2.75, 3.05) is 13.2 Å². The molecule has 0 heterocycles. The molecular formula is C59H94O6. The summed E-state index contributed by atoms with van der Waals surface area (Å²) >= 11 is 0. The molecule has 0 amide bonds. The van der Waals surface area contributed by atoms with Gasteiger partial charge in [-0.15, -0.1) is 0 Å². The quantitative estimate of drug-likeness (QED) is 0.0262. The van der Waals surface area contributed by atoms with Crippen molar-refractivity contribution in [2.45, 2.75) is 219 Å². The number of hydrogen-bond donors (Lipinski definition) is 0. The van der Waals surface area contributed by atoms with Gasteiger partial charge in [0.05, 0.1) is 0 Å². The molecule has 0 bridgehead atoms. The second kappa shape index (κ2) is 52.4. The lowest BCUT2D eigenvalue weighted by atomic mass is 10.1. The van der Waals surface area contributed by atoms with Gasteiger partial charge in [0.2, 0.25) is 0 Å². The minimum absolute atomic E-state index is 0.125. The molecule has 0 fully saturated rings. The molecule has 0 rings (SSSR count). The zero-order chi connectivity index (χ0) is 47.2. The smallest absolute Gasteiger partial charge is 0.306 e. The van der Waals surface area contributed by atoms with Crippen LogP contribution >= 0.6 is 0 Å². The second-order valence-corrected chi connectivity index (χ2v) is 16.7. The standard InChI is InChI=1S/C59H94O6/c1-4-7-10-13-16-19-22-24-26-28-29-31-32-34-37-40-43-46-49-52-58(61)64-55-56(54-63-57(60)51-48-45-42-39-36-21-18-15-12-9-6-3)65-59(62)53-50-47-44-41-38-35-33-30-27-25-23-20-17-14-11-8-5-2/h8,11,16-17,19-20,24-27,29,31,33-35,37,41,43-44,46,56H,4-7,9-10,12-15,18,21-23,28,30,32,36,38-40,42,45,47-55H2,1-3H3/b11-8-,19-16-,20-17-,26-24-,27-25-,31-29-,35-33-,37-34-,44-41-,46-43-/t56-/m0/s1. The van der Waals surface area contributed by atoms with Gasteiger partial charge in [0.25, 0.3) is 0 Å². The largest absolute Gasteiger partial charge is 0.462 e. The molecule has 1 atom stereocenters. The van der Waals surface area contributed by atoms with Gasteiger partial charge in [0.15, 0.2) is 6.10 Å². The first-order valence-corrected chi connectivity index (χ1v) is 26.0. The zero-order valence-corrected chi connectivity index (χ0v) is 41.7. The summed E-state index contributed by atoms with van der Waals surface area (Å²) in [6, 6.07) is 0. The van der Waals surface area contributed by atoms with Crippen molar-refractivity contribution in [3.8, 4) is 0 Å². The first-order valence-electron chi connectivity index (χ1n) is 26.0. The van der Waals surface area contributed by atoms with Gasteiger partial charge in [-0.1, -0.05) is 219 Å². The molecule has 0 aliphatic heterocycles. The Labute approximate surface area is 399 Å². The van der Waals surface area contributed by atoms with Crippen molar-refractivity contribution in [3.63, 3.8) is 0 Å². The molecule has 0 aromatic heterocycles. The molecular weight excluding hydrogens is 805 g/mol. The first-order chi connectivity index (χ1) is 32.0. The van der Waals surface area contributed by atoms with Crippen LogP contribution in [0.4, 0.5) is 0 Å². The van der Waals surface area contributed by atoms with E-state index in [4.69, 9.17) is 14.2 Å². The summed E-state index contributed by atoms with van der Waals surface area (Å²) in [4.78, 5) is 37.9. The maximum atomic E-state index is 12.8. The third-order valence-electron chi connectivity index (χ3n) is 10.5. The average molecular weight is 899 g/mol. The van der Waals surface area contributed by atoms with E-state index in [9.17, 15) is 14.4 Å². The number of esters is 3. The van der Waals surface area contributed by atoms with Gasteiger partial charge < -0.3 is 14.2 Å². The Morgan fingerprint density at radius 1 is 0.323 bits per heavy atom. The number of allylic oxidation sites excluding steroid dienone is 20. The summed E-state index contributed by atoms with van der Waals surface area (Å²) in [6.07, 6.45) is 72.0. The molecule has 65 heavy (non-hydrogen) atoms. The minimum Gasteiger partial charge on any atom is -0.462 e. The van der Waals surface area contributed by atoms with Gasteiger partial charge in [-0.05, 0) is 96.3 Å². The van der Waals surface area contributed by atoms with Crippen LogP contribution in [0, 0.1) is 0 Å². The van der Waals surface area contributed by atoms with Gasteiger partial charge >= 0.3 is 17.9 Å². The molecule has 0 N–H and O–H groups in total. The maximum Gasteiger partial charge on any atom is 0.306 e. The van der Waals surface area contributed by atoms with Crippen LogP contribution in [-0.4, -0.2) is 37.2 Å². The Morgan fingerprint density at radius 2 is 0.646 bits per heavy atom. The summed E-state index contributed by atoms with van der Waals surface area (Å²) in [7, 11) is 0. The van der Waals surface area contributed by atoms with Crippen LogP contribution in [0.5, 0.6) is 0 Å². The van der Waals surface area contributed by atoms with Crippen LogP contribution in [0.15, 0.2) is 122 Å². The lowest BCUT2D eigenvalue weighted by Gasteiger charge is -2.18. The number of carbonyl (C=O) groups excluding carboxylic acids is 3. The lowest BCUT2D eigenvalue weighted by molar-refractivity contribution is -0.166. The minimum atomic E-state index is -0.838. The van der Waals surface area contributed by atoms with Gasteiger partial charge in [0.1, 0.15) is 13.2 Å². The van der Waals surface area contributed by atoms with Crippen LogP contribution in [0.3, 0.4) is 0 Å². The van der Waals surface area contributed by atoms with Crippen LogP contribution < -0.4 is 0 Å². The number of hydrogen-bond acceptors (Lipinski definition) is 6. The summed E-state index contributed by atoms with van der Waals surface area (Å²) in [5.74, 6) is -1.08. The number of carbonyl (C=O) groups is 3. The second-order valence-electron chi connectivity index (χ2n) is 16.7. The molecule has 366 valence electrons. The SMILES string of the molecule is CC/C=C\C/C=C\C/C=C\C/C=C\C/C=C\CCCC(=O)O[C@H](COC(=O)CC/C=C\C/C=C\C/C=C\C/C=C\C/C=C\CCCCC)COC(=O)CCCCCCCCCCCCC. The van der Waals surface area contributed by atoms with Crippen molar-refractivity contribution < 1.29 is 28.6 Å². The lowest BCUT2D eigenvalue weighted by Crippen LogP contribution is -2.30. The van der Waals surface area contributed by atoms with E-state index in [-0.39, 0.29) is 44.0 Å². The van der Waals surface area contributed by atoms with E-state index in [0.29, 0.717) is 19.3 Å². The molecule has 0 aromatic rings.